The third-order valence-corrected chi connectivity index (χ3v) is 3.43. The molecule has 0 saturated carbocycles. The van der Waals surface area contributed by atoms with Crippen LogP contribution in [0.2, 0.25) is 0 Å². The van der Waals surface area contributed by atoms with E-state index in [4.69, 9.17) is 4.74 Å². The first-order chi connectivity index (χ1) is 9.34. The number of ether oxygens (including phenoxy) is 1. The molecule has 0 unspecified atom stereocenters. The Morgan fingerprint density at radius 2 is 1.57 bits per heavy atom. The summed E-state index contributed by atoms with van der Waals surface area (Å²) in [7, 11) is 0. The molecule has 0 bridgehead atoms. The quantitative estimate of drug-likeness (QED) is 0.642. The number of benzene rings is 1. The zero-order chi connectivity index (χ0) is 16.6. The van der Waals surface area contributed by atoms with Crippen molar-refractivity contribution in [3.63, 3.8) is 0 Å². The summed E-state index contributed by atoms with van der Waals surface area (Å²) in [5.74, 6) is -0.257. The van der Waals surface area contributed by atoms with Crippen molar-refractivity contribution in [1.29, 1.82) is 0 Å². The number of carbonyl (C=O) groups excluding carboxylic acids is 1. The molecule has 0 radical (unpaired) electrons. The Hall–Kier alpha value is -1.51. The minimum Gasteiger partial charge on any atom is -0.504 e. The predicted octanol–water partition coefficient (Wildman–Crippen LogP) is 4.55. The van der Waals surface area contributed by atoms with Crippen LogP contribution in [0.3, 0.4) is 0 Å². The Bertz CT molecular complexity index is 529. The fourth-order valence-electron chi connectivity index (χ4n) is 1.92. The summed E-state index contributed by atoms with van der Waals surface area (Å²) in [5.41, 5.74) is 1.51. The highest BCUT2D eigenvalue weighted by molar-refractivity contribution is 5.75. The third kappa shape index (κ3) is 4.23. The van der Waals surface area contributed by atoms with Gasteiger partial charge in [-0.2, -0.15) is 0 Å². The summed E-state index contributed by atoms with van der Waals surface area (Å²) in [4.78, 5) is 11.9. The summed E-state index contributed by atoms with van der Waals surface area (Å²) >= 11 is 0. The maximum Gasteiger partial charge on any atom is 0.313 e. The monoisotopic (exact) mass is 292 g/mol. The van der Waals surface area contributed by atoms with Gasteiger partial charge in [-0.1, -0.05) is 61.5 Å². The van der Waals surface area contributed by atoms with E-state index < -0.39 is 0 Å². The van der Waals surface area contributed by atoms with Crippen molar-refractivity contribution in [2.75, 3.05) is 0 Å². The van der Waals surface area contributed by atoms with Gasteiger partial charge in [0.15, 0.2) is 11.5 Å². The second-order valence-electron chi connectivity index (χ2n) is 7.95. The summed E-state index contributed by atoms with van der Waals surface area (Å²) in [6.07, 6.45) is 0. The fraction of sp³-hybridized carbons (Fsp3) is 0.611. The highest BCUT2D eigenvalue weighted by Crippen LogP contribution is 2.41. The molecule has 0 aliphatic carbocycles. The molecule has 0 atom stereocenters. The van der Waals surface area contributed by atoms with Gasteiger partial charge in [0, 0.05) is 5.56 Å². The van der Waals surface area contributed by atoms with E-state index >= 15 is 0 Å². The van der Waals surface area contributed by atoms with Gasteiger partial charge in [-0.25, -0.2) is 0 Å². The zero-order valence-electron chi connectivity index (χ0n) is 14.5. The molecule has 0 aromatic heterocycles. The normalized spacial score (nSPS) is 12.6. The third-order valence-electron chi connectivity index (χ3n) is 3.43. The molecule has 118 valence electrons. The molecule has 0 amide bonds. The van der Waals surface area contributed by atoms with E-state index in [9.17, 15) is 9.90 Å². The molecule has 0 saturated heterocycles. The number of aromatic hydroxyl groups is 1. The Morgan fingerprint density at radius 1 is 1.05 bits per heavy atom. The molecule has 1 aromatic rings. The van der Waals surface area contributed by atoms with Crippen molar-refractivity contribution in [3.8, 4) is 11.5 Å². The summed E-state index contributed by atoms with van der Waals surface area (Å²) < 4.78 is 5.39. The van der Waals surface area contributed by atoms with E-state index in [2.05, 4.69) is 20.8 Å². The Morgan fingerprint density at radius 3 is 1.95 bits per heavy atom. The lowest BCUT2D eigenvalue weighted by molar-refractivity contribution is -0.137. The summed E-state index contributed by atoms with van der Waals surface area (Å²) in [5, 5.41) is 10.5. The van der Waals surface area contributed by atoms with Crippen LogP contribution in [0.25, 0.3) is 0 Å². The zero-order valence-corrected chi connectivity index (χ0v) is 14.5. The molecule has 0 fully saturated rings. The Labute approximate surface area is 128 Å². The van der Waals surface area contributed by atoms with E-state index in [0.717, 1.165) is 11.1 Å². The minimum absolute atomic E-state index is 0.0597. The first-order valence-corrected chi connectivity index (χ1v) is 7.43. The number of phenolic OH excluding ortho intramolecular Hbond substituents is 1. The Kier molecular flexibility index (Phi) is 4.76. The number of hydrogen-bond donors (Lipinski definition) is 1. The molecule has 3 heteroatoms. The minimum atomic E-state index is -0.337. The second-order valence-corrected chi connectivity index (χ2v) is 7.95. The first kappa shape index (κ1) is 17.5. The maximum absolute atomic E-state index is 11.9. The molecule has 21 heavy (non-hydrogen) atoms. The topological polar surface area (TPSA) is 46.5 Å². The Balaban J connectivity index is 3.46. The molecule has 0 heterocycles. The van der Waals surface area contributed by atoms with E-state index in [1.54, 1.807) is 19.9 Å². The average Bonchev–Trinajstić information content (AvgIpc) is 2.28. The highest BCUT2D eigenvalue weighted by atomic mass is 16.5. The molecule has 0 aliphatic rings. The van der Waals surface area contributed by atoms with Crippen LogP contribution in [0.5, 0.6) is 11.5 Å². The molecule has 0 spiro atoms. The van der Waals surface area contributed by atoms with Gasteiger partial charge in [-0.3, -0.25) is 4.79 Å². The number of carbonyl (C=O) groups is 1. The number of phenols is 1. The van der Waals surface area contributed by atoms with Crippen molar-refractivity contribution in [2.24, 2.45) is 5.92 Å². The largest absolute Gasteiger partial charge is 0.504 e. The van der Waals surface area contributed by atoms with Crippen LogP contribution < -0.4 is 4.74 Å². The lowest BCUT2D eigenvalue weighted by atomic mass is 9.80. The van der Waals surface area contributed by atoms with Crippen LogP contribution in [-0.2, 0) is 15.6 Å². The van der Waals surface area contributed by atoms with E-state index in [0.29, 0.717) is 0 Å². The van der Waals surface area contributed by atoms with E-state index in [1.165, 1.54) is 0 Å². The second kappa shape index (κ2) is 5.70. The van der Waals surface area contributed by atoms with Crippen molar-refractivity contribution >= 4 is 5.97 Å². The van der Waals surface area contributed by atoms with Gasteiger partial charge in [0.1, 0.15) is 0 Å². The van der Waals surface area contributed by atoms with Gasteiger partial charge in [-0.15, -0.1) is 0 Å². The molecular formula is C18H28O3. The fourth-order valence-corrected chi connectivity index (χ4v) is 1.92. The van der Waals surface area contributed by atoms with Crippen molar-refractivity contribution in [3.05, 3.63) is 23.3 Å². The smallest absolute Gasteiger partial charge is 0.313 e. The molecule has 0 aliphatic heterocycles. The molecular weight excluding hydrogens is 264 g/mol. The van der Waals surface area contributed by atoms with Crippen LogP contribution in [0.4, 0.5) is 0 Å². The average molecular weight is 292 g/mol. The SMILES string of the molecule is CC(C)C(=O)Oc1cc(C(C)(C)C)cc(C(C)(C)C)c1O. The first-order valence-electron chi connectivity index (χ1n) is 7.43. The number of hydrogen-bond acceptors (Lipinski definition) is 3. The van der Waals surface area contributed by atoms with Gasteiger partial charge in [0.25, 0.3) is 0 Å². The van der Waals surface area contributed by atoms with E-state index in [1.807, 2.05) is 26.8 Å². The van der Waals surface area contributed by atoms with Crippen LogP contribution in [-0.4, -0.2) is 11.1 Å². The lowest BCUT2D eigenvalue weighted by Gasteiger charge is -2.27. The van der Waals surface area contributed by atoms with Gasteiger partial charge < -0.3 is 9.84 Å². The maximum atomic E-state index is 11.9. The lowest BCUT2D eigenvalue weighted by Crippen LogP contribution is -2.19. The van der Waals surface area contributed by atoms with Crippen molar-refractivity contribution in [1.82, 2.24) is 0 Å². The molecule has 1 rings (SSSR count). The summed E-state index contributed by atoms with van der Waals surface area (Å²) in [6, 6.07) is 3.77. The van der Waals surface area contributed by atoms with Crippen LogP contribution in [0.15, 0.2) is 12.1 Å². The van der Waals surface area contributed by atoms with Crippen molar-refractivity contribution in [2.45, 2.75) is 66.2 Å². The van der Waals surface area contributed by atoms with Crippen molar-refractivity contribution < 1.29 is 14.6 Å². The number of esters is 1. The van der Waals surface area contributed by atoms with Gasteiger partial charge in [-0.05, 0) is 22.5 Å². The molecule has 3 nitrogen and oxygen atoms in total. The molecule has 1 N–H and O–H groups in total. The standard InChI is InChI=1S/C18H28O3/c1-11(2)16(20)21-14-10-12(17(3,4)5)9-13(15(14)19)18(6,7)8/h9-11,19H,1-8H3. The summed E-state index contributed by atoms with van der Waals surface area (Å²) in [6.45, 7) is 15.9. The van der Waals surface area contributed by atoms with Gasteiger partial charge in [0.2, 0.25) is 0 Å². The van der Waals surface area contributed by atoms with E-state index in [-0.39, 0.29) is 34.2 Å². The van der Waals surface area contributed by atoms with Gasteiger partial charge in [0.05, 0.1) is 5.92 Å². The predicted molar refractivity (Wildman–Crippen MR) is 86.0 cm³/mol. The highest BCUT2D eigenvalue weighted by Gasteiger charge is 2.26. The number of rotatable bonds is 2. The van der Waals surface area contributed by atoms with Crippen LogP contribution in [0, 0.1) is 5.92 Å². The molecule has 1 aromatic carbocycles. The van der Waals surface area contributed by atoms with Gasteiger partial charge >= 0.3 is 5.97 Å². The van der Waals surface area contributed by atoms with Crippen LogP contribution in [0.1, 0.15) is 66.5 Å². The van der Waals surface area contributed by atoms with Crippen LogP contribution >= 0.6 is 0 Å².